The van der Waals surface area contributed by atoms with Crippen molar-refractivity contribution in [3.05, 3.63) is 0 Å². The lowest BCUT2D eigenvalue weighted by molar-refractivity contribution is -0.883. The van der Waals surface area contributed by atoms with Gasteiger partial charge in [-0.15, -0.1) is 0 Å². The molecule has 0 aromatic carbocycles. The first-order valence-corrected chi connectivity index (χ1v) is 15.6. The van der Waals surface area contributed by atoms with E-state index in [1.807, 2.05) is 14.1 Å². The van der Waals surface area contributed by atoms with Crippen LogP contribution in [0.25, 0.3) is 0 Å². The molecular weight excluding hydrogens is 530 g/mol. The zero-order valence-corrected chi connectivity index (χ0v) is 26.3. The molecule has 1 unspecified atom stereocenters. The Hall–Kier alpha value is -2.20. The van der Waals surface area contributed by atoms with Gasteiger partial charge in [-0.2, -0.15) is 0 Å². The molecular formula is C31H58NO9+. The lowest BCUT2D eigenvalue weighted by Gasteiger charge is -2.28. The molecule has 0 bridgehead atoms. The van der Waals surface area contributed by atoms with Crippen molar-refractivity contribution in [3.63, 3.8) is 0 Å². The number of esters is 4. The van der Waals surface area contributed by atoms with Crippen LogP contribution in [0, 0.1) is 0 Å². The standard InChI is InChI=1S/C31H58NO9/c1-27(33)38-22-17-13-9-5-6-10-14-18-23-40-30(36)20-16-12-8-7-11-15-19-29(35)26-41-31(37)25-32(3,4)21-24-39-28(2)34/h29,35H,5-26H2,1-4H3/q+1. The maximum absolute atomic E-state index is 12.1. The molecule has 0 rings (SSSR count). The molecule has 0 amide bonds. The van der Waals surface area contributed by atoms with Crippen molar-refractivity contribution >= 4 is 23.9 Å². The van der Waals surface area contributed by atoms with Gasteiger partial charge in [-0.1, -0.05) is 70.6 Å². The molecule has 41 heavy (non-hydrogen) atoms. The Bertz CT molecular complexity index is 712. The first-order chi connectivity index (χ1) is 19.5. The maximum atomic E-state index is 12.1. The highest BCUT2D eigenvalue weighted by Crippen LogP contribution is 2.12. The molecule has 0 aliphatic carbocycles. The predicted octanol–water partition coefficient (Wildman–Crippen LogP) is 4.88. The SMILES string of the molecule is CC(=O)OCCCCCCCCCCOC(=O)CCCCCCCCC(O)COC(=O)C[N+](C)(C)CCOC(C)=O. The van der Waals surface area contributed by atoms with E-state index in [2.05, 4.69) is 0 Å². The van der Waals surface area contributed by atoms with E-state index in [1.54, 1.807) is 0 Å². The molecule has 0 aliphatic rings. The molecule has 240 valence electrons. The smallest absolute Gasteiger partial charge is 0.361 e. The van der Waals surface area contributed by atoms with Crippen LogP contribution in [0.3, 0.4) is 0 Å². The number of rotatable bonds is 27. The molecule has 1 N–H and O–H groups in total. The quantitative estimate of drug-likeness (QED) is 0.0619. The van der Waals surface area contributed by atoms with E-state index in [1.165, 1.54) is 26.7 Å². The highest BCUT2D eigenvalue weighted by molar-refractivity contribution is 5.70. The lowest BCUT2D eigenvalue weighted by Crippen LogP contribution is -2.47. The Balaban J connectivity index is 3.50. The molecule has 10 nitrogen and oxygen atoms in total. The van der Waals surface area contributed by atoms with Crippen LogP contribution in [0.4, 0.5) is 0 Å². The van der Waals surface area contributed by atoms with Gasteiger partial charge in [-0.3, -0.25) is 14.4 Å². The number of hydrogen-bond donors (Lipinski definition) is 1. The van der Waals surface area contributed by atoms with E-state index >= 15 is 0 Å². The van der Waals surface area contributed by atoms with Crippen LogP contribution < -0.4 is 0 Å². The number of quaternary nitrogens is 1. The van der Waals surface area contributed by atoms with Gasteiger partial charge in [0, 0.05) is 20.3 Å². The minimum atomic E-state index is -0.671. The Labute approximate surface area is 248 Å². The van der Waals surface area contributed by atoms with Gasteiger partial charge >= 0.3 is 23.9 Å². The van der Waals surface area contributed by atoms with E-state index in [4.69, 9.17) is 18.9 Å². The summed E-state index contributed by atoms with van der Waals surface area (Å²) < 4.78 is 20.7. The summed E-state index contributed by atoms with van der Waals surface area (Å²) in [6, 6.07) is 0. The average Bonchev–Trinajstić information content (AvgIpc) is 2.88. The second-order valence-corrected chi connectivity index (χ2v) is 11.5. The molecule has 0 fully saturated rings. The van der Waals surface area contributed by atoms with Gasteiger partial charge in [0.15, 0.2) is 6.54 Å². The Morgan fingerprint density at radius 3 is 1.61 bits per heavy atom. The number of unbranched alkanes of at least 4 members (excludes halogenated alkanes) is 12. The second-order valence-electron chi connectivity index (χ2n) is 11.5. The van der Waals surface area contributed by atoms with Crippen LogP contribution in [0.15, 0.2) is 0 Å². The van der Waals surface area contributed by atoms with E-state index in [9.17, 15) is 24.3 Å². The van der Waals surface area contributed by atoms with Gasteiger partial charge in [0.05, 0.1) is 33.4 Å². The molecule has 0 aromatic rings. The third kappa shape index (κ3) is 29.1. The lowest BCUT2D eigenvalue weighted by atomic mass is 10.1. The number of carbonyl (C=O) groups excluding carboxylic acids is 4. The topological polar surface area (TPSA) is 125 Å². The van der Waals surface area contributed by atoms with Gasteiger partial charge < -0.3 is 28.5 Å². The predicted molar refractivity (Wildman–Crippen MR) is 157 cm³/mol. The van der Waals surface area contributed by atoms with Crippen molar-refractivity contribution in [2.45, 2.75) is 123 Å². The largest absolute Gasteiger partial charge is 0.466 e. The number of ether oxygens (including phenoxy) is 4. The van der Waals surface area contributed by atoms with Crippen molar-refractivity contribution in [2.75, 3.05) is 53.6 Å². The average molecular weight is 589 g/mol. The fraction of sp³-hybridized carbons (Fsp3) is 0.871. The summed E-state index contributed by atoms with van der Waals surface area (Å²) in [5.41, 5.74) is 0. The molecule has 10 heteroatoms. The molecule has 1 atom stereocenters. The Morgan fingerprint density at radius 2 is 1.05 bits per heavy atom. The van der Waals surface area contributed by atoms with Gasteiger partial charge in [-0.05, 0) is 25.7 Å². The van der Waals surface area contributed by atoms with E-state index in [0.29, 0.717) is 37.1 Å². The summed E-state index contributed by atoms with van der Waals surface area (Å²) in [6.07, 6.45) is 14.9. The fourth-order valence-corrected chi connectivity index (χ4v) is 4.28. The number of aliphatic hydroxyl groups excluding tert-OH is 1. The summed E-state index contributed by atoms with van der Waals surface area (Å²) in [7, 11) is 3.71. The van der Waals surface area contributed by atoms with Crippen LogP contribution >= 0.6 is 0 Å². The van der Waals surface area contributed by atoms with Crippen LogP contribution in [-0.4, -0.2) is 93.2 Å². The van der Waals surface area contributed by atoms with Crippen molar-refractivity contribution in [1.29, 1.82) is 0 Å². The molecule has 0 saturated carbocycles. The van der Waals surface area contributed by atoms with E-state index < -0.39 is 6.10 Å². The number of likely N-dealkylation sites (N-methyl/N-ethyl adjacent to an activating group) is 1. The summed E-state index contributed by atoms with van der Waals surface area (Å²) in [4.78, 5) is 45.5. The van der Waals surface area contributed by atoms with Crippen LogP contribution in [0.5, 0.6) is 0 Å². The normalized spacial score (nSPS) is 12.0. The van der Waals surface area contributed by atoms with Gasteiger partial charge in [0.1, 0.15) is 19.8 Å². The van der Waals surface area contributed by atoms with Crippen LogP contribution in [0.1, 0.15) is 117 Å². The third-order valence-electron chi connectivity index (χ3n) is 6.77. The first kappa shape index (κ1) is 38.8. The highest BCUT2D eigenvalue weighted by atomic mass is 16.5. The number of carbonyl (C=O) groups is 4. The number of nitrogens with zero attached hydrogens (tertiary/aromatic N) is 1. The van der Waals surface area contributed by atoms with Crippen molar-refractivity contribution in [2.24, 2.45) is 0 Å². The molecule has 0 heterocycles. The van der Waals surface area contributed by atoms with Gasteiger partial charge in [0.25, 0.3) is 0 Å². The maximum Gasteiger partial charge on any atom is 0.361 e. The summed E-state index contributed by atoms with van der Waals surface area (Å²) in [5, 5.41) is 10.1. The Kier molecular flexibility index (Phi) is 24.1. The summed E-state index contributed by atoms with van der Waals surface area (Å²) in [6.45, 7) is 4.70. The van der Waals surface area contributed by atoms with Crippen molar-refractivity contribution in [3.8, 4) is 0 Å². The van der Waals surface area contributed by atoms with E-state index in [0.717, 1.165) is 77.0 Å². The third-order valence-corrected chi connectivity index (χ3v) is 6.77. The molecule has 0 spiro atoms. The van der Waals surface area contributed by atoms with Gasteiger partial charge in [-0.25, -0.2) is 4.79 Å². The highest BCUT2D eigenvalue weighted by Gasteiger charge is 2.22. The zero-order valence-electron chi connectivity index (χ0n) is 26.3. The monoisotopic (exact) mass is 588 g/mol. The minimum absolute atomic E-state index is 0.00882. The molecule has 0 radical (unpaired) electrons. The number of hydrogen-bond acceptors (Lipinski definition) is 9. The first-order valence-electron chi connectivity index (χ1n) is 15.6. The van der Waals surface area contributed by atoms with Crippen molar-refractivity contribution < 1.29 is 47.7 Å². The molecule has 0 aromatic heterocycles. The summed E-state index contributed by atoms with van der Waals surface area (Å²) in [5.74, 6) is -1.05. The number of aliphatic hydroxyl groups is 1. The second kappa shape index (κ2) is 25.5. The van der Waals surface area contributed by atoms with Crippen LogP contribution in [-0.2, 0) is 38.1 Å². The van der Waals surface area contributed by atoms with Gasteiger partial charge in [0.2, 0.25) is 0 Å². The minimum Gasteiger partial charge on any atom is -0.466 e. The van der Waals surface area contributed by atoms with Crippen LogP contribution in [0.2, 0.25) is 0 Å². The van der Waals surface area contributed by atoms with Crippen molar-refractivity contribution in [1.82, 2.24) is 0 Å². The molecule has 0 saturated heterocycles. The molecule has 0 aliphatic heterocycles. The summed E-state index contributed by atoms with van der Waals surface area (Å²) >= 11 is 0. The van der Waals surface area contributed by atoms with E-state index in [-0.39, 0.29) is 43.6 Å². The zero-order chi connectivity index (χ0) is 30.8. The fourth-order valence-electron chi connectivity index (χ4n) is 4.28. The Morgan fingerprint density at radius 1 is 0.585 bits per heavy atom.